The largest absolute Gasteiger partial charge is 0.467 e. The zero-order valence-corrected chi connectivity index (χ0v) is 15.0. The van der Waals surface area contributed by atoms with Crippen LogP contribution in [0, 0.1) is 0 Å². The highest BCUT2D eigenvalue weighted by Crippen LogP contribution is 2.25. The van der Waals surface area contributed by atoms with Crippen LogP contribution in [0.25, 0.3) is 0 Å². The molecule has 0 unspecified atom stereocenters. The van der Waals surface area contributed by atoms with E-state index in [2.05, 4.69) is 16.8 Å². The summed E-state index contributed by atoms with van der Waals surface area (Å²) in [6.45, 7) is 3.44. The van der Waals surface area contributed by atoms with Crippen LogP contribution in [0.15, 0.2) is 22.8 Å². The zero-order valence-electron chi connectivity index (χ0n) is 15.0. The first-order chi connectivity index (χ1) is 11.6. The van der Waals surface area contributed by atoms with Crippen LogP contribution in [0.3, 0.4) is 0 Å². The molecule has 2 atom stereocenters. The van der Waals surface area contributed by atoms with E-state index < -0.39 is 0 Å². The quantitative estimate of drug-likeness (QED) is 0.815. The molecule has 2 aliphatic rings. The number of likely N-dealkylation sites (tertiary alicyclic amines) is 2. The Balaban J connectivity index is 1.74. The van der Waals surface area contributed by atoms with E-state index in [1.165, 1.54) is 0 Å². The summed E-state index contributed by atoms with van der Waals surface area (Å²) in [5, 5.41) is 0. The number of hydrogen-bond acceptors (Lipinski definition) is 5. The average molecular weight is 335 g/mol. The molecule has 2 aliphatic heterocycles. The Kier molecular flexibility index (Phi) is 5.58. The van der Waals surface area contributed by atoms with Gasteiger partial charge in [0.2, 0.25) is 5.91 Å². The number of carbonyl (C=O) groups excluding carboxylic acids is 1. The summed E-state index contributed by atoms with van der Waals surface area (Å²) >= 11 is 0. The van der Waals surface area contributed by atoms with Gasteiger partial charge in [-0.25, -0.2) is 0 Å². The Morgan fingerprint density at radius 1 is 1.38 bits per heavy atom. The maximum Gasteiger partial charge on any atom is 0.240 e. The molecule has 0 aromatic carbocycles. The molecule has 0 saturated carbocycles. The van der Waals surface area contributed by atoms with Gasteiger partial charge in [0.1, 0.15) is 5.76 Å². The smallest absolute Gasteiger partial charge is 0.240 e. The van der Waals surface area contributed by atoms with Crippen molar-refractivity contribution in [2.45, 2.75) is 44.0 Å². The Bertz CT molecular complexity index is 526. The molecule has 6 nitrogen and oxygen atoms in total. The van der Waals surface area contributed by atoms with Gasteiger partial charge in [-0.1, -0.05) is 0 Å². The molecule has 2 saturated heterocycles. The zero-order chi connectivity index (χ0) is 17.1. The molecule has 1 amide bonds. The van der Waals surface area contributed by atoms with Crippen LogP contribution in [0.4, 0.5) is 0 Å². The maximum atomic E-state index is 13.3. The summed E-state index contributed by atoms with van der Waals surface area (Å²) in [7, 11) is 5.88. The molecule has 2 fully saturated rings. The van der Waals surface area contributed by atoms with E-state index in [1.807, 2.05) is 24.1 Å². The minimum absolute atomic E-state index is 0.0930. The van der Waals surface area contributed by atoms with E-state index in [0.29, 0.717) is 6.54 Å². The number of ether oxygens (including phenoxy) is 1. The van der Waals surface area contributed by atoms with E-state index in [-0.39, 0.29) is 24.1 Å². The second-order valence-corrected chi connectivity index (χ2v) is 7.13. The molecule has 134 valence electrons. The first-order valence-corrected chi connectivity index (χ1v) is 8.83. The van der Waals surface area contributed by atoms with Crippen molar-refractivity contribution in [1.82, 2.24) is 14.7 Å². The lowest BCUT2D eigenvalue weighted by atomic mass is 10.0. The second kappa shape index (κ2) is 7.68. The van der Waals surface area contributed by atoms with Crippen LogP contribution >= 0.6 is 0 Å². The van der Waals surface area contributed by atoms with Crippen molar-refractivity contribution >= 4 is 5.91 Å². The van der Waals surface area contributed by atoms with Gasteiger partial charge in [-0.05, 0) is 58.6 Å². The van der Waals surface area contributed by atoms with Gasteiger partial charge in [-0.15, -0.1) is 0 Å². The number of amides is 1. The van der Waals surface area contributed by atoms with E-state index in [9.17, 15) is 4.79 Å². The molecule has 3 heterocycles. The predicted octanol–water partition coefficient (Wildman–Crippen LogP) is 1.42. The number of rotatable bonds is 5. The Labute approximate surface area is 144 Å². The fourth-order valence-electron chi connectivity index (χ4n) is 3.87. The number of furan rings is 1. The van der Waals surface area contributed by atoms with E-state index in [4.69, 9.17) is 9.15 Å². The maximum absolute atomic E-state index is 13.3. The summed E-state index contributed by atoms with van der Waals surface area (Å²) < 4.78 is 11.0. The fraction of sp³-hybridized carbons (Fsp3) is 0.722. The number of piperidine rings is 1. The third-order valence-electron chi connectivity index (χ3n) is 5.45. The van der Waals surface area contributed by atoms with E-state index in [1.54, 1.807) is 13.4 Å². The molecule has 0 radical (unpaired) electrons. The van der Waals surface area contributed by atoms with E-state index in [0.717, 1.165) is 44.7 Å². The van der Waals surface area contributed by atoms with Crippen LogP contribution in [0.5, 0.6) is 0 Å². The second-order valence-electron chi connectivity index (χ2n) is 7.13. The lowest BCUT2D eigenvalue weighted by Crippen LogP contribution is -2.51. The standard InChI is InChI=1S/C18H29N3O3/c1-19-8-6-14(7-9-19)21(13-15-5-4-10-24-15)18(22)17-11-16(23-3)12-20(17)2/h4-5,10,14,16-17H,6-9,11-13H2,1-3H3/t16-,17-/m0/s1. The number of methoxy groups -OCH3 is 1. The highest BCUT2D eigenvalue weighted by Gasteiger charge is 2.39. The average Bonchev–Trinajstić information content (AvgIpc) is 3.22. The SMILES string of the molecule is CO[C@H]1C[C@@H](C(=O)N(Cc2ccco2)C2CCN(C)CC2)N(C)C1. The minimum atomic E-state index is -0.0930. The van der Waals surface area contributed by atoms with Gasteiger partial charge >= 0.3 is 0 Å². The summed E-state index contributed by atoms with van der Waals surface area (Å²) in [4.78, 5) is 19.8. The van der Waals surface area contributed by atoms with Crippen molar-refractivity contribution < 1.29 is 13.9 Å². The molecular formula is C18H29N3O3. The topological polar surface area (TPSA) is 49.2 Å². The minimum Gasteiger partial charge on any atom is -0.467 e. The summed E-state index contributed by atoms with van der Waals surface area (Å²) in [6, 6.07) is 4.03. The molecule has 0 N–H and O–H groups in total. The van der Waals surface area contributed by atoms with Crippen molar-refractivity contribution in [3.05, 3.63) is 24.2 Å². The van der Waals surface area contributed by atoms with Crippen molar-refractivity contribution in [3.8, 4) is 0 Å². The highest BCUT2D eigenvalue weighted by atomic mass is 16.5. The van der Waals surface area contributed by atoms with Gasteiger partial charge in [-0.2, -0.15) is 0 Å². The fourth-order valence-corrected chi connectivity index (χ4v) is 3.87. The molecule has 6 heteroatoms. The molecular weight excluding hydrogens is 306 g/mol. The van der Waals surface area contributed by atoms with Gasteiger partial charge < -0.3 is 19.0 Å². The first-order valence-electron chi connectivity index (χ1n) is 8.83. The van der Waals surface area contributed by atoms with Crippen LogP contribution in [0.2, 0.25) is 0 Å². The molecule has 0 bridgehead atoms. The van der Waals surface area contributed by atoms with Crippen molar-refractivity contribution in [2.75, 3.05) is 40.8 Å². The first kappa shape index (κ1) is 17.5. The van der Waals surface area contributed by atoms with E-state index >= 15 is 0 Å². The molecule has 1 aromatic heterocycles. The predicted molar refractivity (Wildman–Crippen MR) is 91.6 cm³/mol. The van der Waals surface area contributed by atoms with Gasteiger partial charge in [0.25, 0.3) is 0 Å². The molecule has 3 rings (SSSR count). The molecule has 0 spiro atoms. The Morgan fingerprint density at radius 3 is 2.71 bits per heavy atom. The number of carbonyl (C=O) groups is 1. The summed E-state index contributed by atoms with van der Waals surface area (Å²) in [6.07, 6.45) is 4.63. The van der Waals surface area contributed by atoms with Crippen molar-refractivity contribution in [1.29, 1.82) is 0 Å². The number of hydrogen-bond donors (Lipinski definition) is 0. The van der Waals surface area contributed by atoms with Crippen molar-refractivity contribution in [3.63, 3.8) is 0 Å². The third-order valence-corrected chi connectivity index (χ3v) is 5.45. The van der Waals surface area contributed by atoms with Crippen LogP contribution in [-0.4, -0.2) is 79.6 Å². The number of nitrogens with zero attached hydrogens (tertiary/aromatic N) is 3. The Morgan fingerprint density at radius 2 is 2.12 bits per heavy atom. The van der Waals surface area contributed by atoms with Crippen LogP contribution in [-0.2, 0) is 16.1 Å². The van der Waals surface area contributed by atoms with Crippen LogP contribution in [0.1, 0.15) is 25.0 Å². The van der Waals surface area contributed by atoms with Gasteiger partial charge in [0, 0.05) is 19.7 Å². The molecule has 0 aliphatic carbocycles. The Hall–Kier alpha value is -1.37. The highest BCUT2D eigenvalue weighted by molar-refractivity contribution is 5.82. The normalized spacial score (nSPS) is 26.8. The lowest BCUT2D eigenvalue weighted by molar-refractivity contribution is -0.140. The van der Waals surface area contributed by atoms with Crippen molar-refractivity contribution in [2.24, 2.45) is 0 Å². The van der Waals surface area contributed by atoms with Gasteiger partial charge in [0.05, 0.1) is 25.0 Å². The summed E-state index contributed by atoms with van der Waals surface area (Å²) in [5.74, 6) is 1.06. The molecule has 24 heavy (non-hydrogen) atoms. The van der Waals surface area contributed by atoms with Gasteiger partial charge in [0.15, 0.2) is 0 Å². The van der Waals surface area contributed by atoms with Crippen LogP contribution < -0.4 is 0 Å². The number of likely N-dealkylation sites (N-methyl/N-ethyl adjacent to an activating group) is 1. The molecule has 1 aromatic rings. The lowest BCUT2D eigenvalue weighted by Gasteiger charge is -2.39. The third kappa shape index (κ3) is 3.82. The summed E-state index contributed by atoms with van der Waals surface area (Å²) in [5.41, 5.74) is 0. The van der Waals surface area contributed by atoms with Gasteiger partial charge in [-0.3, -0.25) is 9.69 Å². The monoisotopic (exact) mass is 335 g/mol.